The molecule has 15 heavy (non-hydrogen) atoms. The molecule has 4 heteroatoms. The van der Waals surface area contributed by atoms with Gasteiger partial charge in [0.2, 0.25) is 0 Å². The van der Waals surface area contributed by atoms with E-state index in [1.54, 1.807) is 25.1 Å². The van der Waals surface area contributed by atoms with Gasteiger partial charge in [0.25, 0.3) is 0 Å². The van der Waals surface area contributed by atoms with Crippen molar-refractivity contribution in [2.24, 2.45) is 5.92 Å². The fourth-order valence-electron chi connectivity index (χ4n) is 1.11. The van der Waals surface area contributed by atoms with Gasteiger partial charge in [0, 0.05) is 16.5 Å². The molecule has 1 aromatic rings. The zero-order chi connectivity index (χ0) is 11.4. The number of Topliss-reactive ketones (excluding diaryl/α,β-unsaturated/α-hetero) is 1. The Morgan fingerprint density at radius 2 is 2.33 bits per heavy atom. The van der Waals surface area contributed by atoms with E-state index < -0.39 is 0 Å². The molecule has 0 radical (unpaired) electrons. The third-order valence-corrected chi connectivity index (χ3v) is 3.17. The van der Waals surface area contributed by atoms with E-state index in [2.05, 4.69) is 15.9 Å². The molecule has 1 rings (SSSR count). The summed E-state index contributed by atoms with van der Waals surface area (Å²) in [5.41, 5.74) is 0.577. The van der Waals surface area contributed by atoms with Crippen LogP contribution in [0, 0.1) is 17.2 Å². The lowest BCUT2D eigenvalue weighted by molar-refractivity contribution is 0.0972. The van der Waals surface area contributed by atoms with E-state index in [1.165, 1.54) is 0 Å². The number of nitriles is 1. The molecule has 0 aliphatic heterocycles. The lowest BCUT2D eigenvalue weighted by Gasteiger charge is -2.03. The summed E-state index contributed by atoms with van der Waals surface area (Å²) in [6.45, 7) is 1.73. The van der Waals surface area contributed by atoms with Crippen molar-refractivity contribution in [2.75, 3.05) is 0 Å². The summed E-state index contributed by atoms with van der Waals surface area (Å²) in [6, 6.07) is 7.04. The number of benzene rings is 1. The van der Waals surface area contributed by atoms with E-state index in [1.807, 2.05) is 6.07 Å². The van der Waals surface area contributed by atoms with Crippen LogP contribution in [0.3, 0.4) is 0 Å². The lowest BCUT2D eigenvalue weighted by Crippen LogP contribution is -2.04. The Morgan fingerprint density at radius 1 is 1.67 bits per heavy atom. The Hall–Kier alpha value is -0.850. The molecule has 0 saturated heterocycles. The number of ketones is 1. The van der Waals surface area contributed by atoms with Crippen molar-refractivity contribution >= 4 is 33.3 Å². The van der Waals surface area contributed by atoms with E-state index >= 15 is 0 Å². The minimum atomic E-state index is -0.257. The maximum absolute atomic E-state index is 11.7. The van der Waals surface area contributed by atoms with Crippen LogP contribution in [0.15, 0.2) is 22.7 Å². The summed E-state index contributed by atoms with van der Waals surface area (Å²) in [5.74, 6) is -0.298. The Kier molecular flexibility index (Phi) is 4.31. The van der Waals surface area contributed by atoms with Crippen molar-refractivity contribution in [2.45, 2.75) is 13.3 Å². The first kappa shape index (κ1) is 12.2. The standard InChI is InChI=1S/C11H9BrClNO/c1-7(6-14)4-11(15)8-2-3-10(13)9(12)5-8/h2-3,5,7H,4H2,1H3. The van der Waals surface area contributed by atoms with Crippen molar-refractivity contribution in [1.82, 2.24) is 0 Å². The van der Waals surface area contributed by atoms with E-state index in [9.17, 15) is 4.79 Å². The highest BCUT2D eigenvalue weighted by Crippen LogP contribution is 2.24. The van der Waals surface area contributed by atoms with Crippen molar-refractivity contribution in [3.05, 3.63) is 33.3 Å². The Balaban J connectivity index is 2.84. The maximum Gasteiger partial charge on any atom is 0.164 e. The second-order valence-electron chi connectivity index (χ2n) is 3.29. The van der Waals surface area contributed by atoms with Gasteiger partial charge in [0.1, 0.15) is 0 Å². The molecule has 1 atom stereocenters. The monoisotopic (exact) mass is 285 g/mol. The van der Waals surface area contributed by atoms with Crippen LogP contribution >= 0.6 is 27.5 Å². The molecule has 0 saturated carbocycles. The van der Waals surface area contributed by atoms with Gasteiger partial charge in [-0.15, -0.1) is 0 Å². The first-order chi connectivity index (χ1) is 7.04. The SMILES string of the molecule is CC(C#N)CC(=O)c1ccc(Cl)c(Br)c1. The highest BCUT2D eigenvalue weighted by molar-refractivity contribution is 9.10. The predicted molar refractivity (Wildman–Crippen MR) is 62.9 cm³/mol. The number of carbonyl (C=O) groups is 1. The second-order valence-corrected chi connectivity index (χ2v) is 4.55. The number of halogens is 2. The van der Waals surface area contributed by atoms with Crippen LogP contribution in [0.5, 0.6) is 0 Å². The average Bonchev–Trinajstić information content (AvgIpc) is 2.21. The van der Waals surface area contributed by atoms with Gasteiger partial charge in [-0.25, -0.2) is 0 Å². The molecule has 1 aromatic carbocycles. The fourth-order valence-corrected chi connectivity index (χ4v) is 1.61. The third-order valence-electron chi connectivity index (χ3n) is 1.95. The van der Waals surface area contributed by atoms with Gasteiger partial charge in [0.05, 0.1) is 17.0 Å². The highest BCUT2D eigenvalue weighted by atomic mass is 79.9. The van der Waals surface area contributed by atoms with Gasteiger partial charge < -0.3 is 0 Å². The molecule has 1 unspecified atom stereocenters. The molecule has 0 amide bonds. The summed E-state index contributed by atoms with van der Waals surface area (Å²) in [4.78, 5) is 11.7. The summed E-state index contributed by atoms with van der Waals surface area (Å²) < 4.78 is 0.694. The normalized spacial score (nSPS) is 11.9. The zero-order valence-electron chi connectivity index (χ0n) is 8.13. The Bertz CT molecular complexity index is 425. The molecule has 0 aliphatic carbocycles. The summed E-state index contributed by atoms with van der Waals surface area (Å²) in [7, 11) is 0. The van der Waals surface area contributed by atoms with Crippen LogP contribution in [0.1, 0.15) is 23.7 Å². The minimum absolute atomic E-state index is 0.0404. The van der Waals surface area contributed by atoms with Crippen LogP contribution in [0.2, 0.25) is 5.02 Å². The molecular weight excluding hydrogens is 277 g/mol. The number of nitrogens with zero attached hydrogens (tertiary/aromatic N) is 1. The second kappa shape index (κ2) is 5.29. The van der Waals surface area contributed by atoms with Gasteiger partial charge in [-0.05, 0) is 41.1 Å². The van der Waals surface area contributed by atoms with Gasteiger partial charge in [-0.1, -0.05) is 11.6 Å². The maximum atomic E-state index is 11.7. The third kappa shape index (κ3) is 3.33. The largest absolute Gasteiger partial charge is 0.294 e. The molecule has 0 aromatic heterocycles. The quantitative estimate of drug-likeness (QED) is 0.792. The van der Waals surface area contributed by atoms with Crippen molar-refractivity contribution in [3.63, 3.8) is 0 Å². The number of hydrogen-bond donors (Lipinski definition) is 0. The topological polar surface area (TPSA) is 40.9 Å². The molecule has 0 bridgehead atoms. The summed E-state index contributed by atoms with van der Waals surface area (Å²) in [5, 5.41) is 9.17. The van der Waals surface area contributed by atoms with Gasteiger partial charge in [-0.2, -0.15) is 5.26 Å². The molecule has 0 spiro atoms. The van der Waals surface area contributed by atoms with Crippen LogP contribution in [0.25, 0.3) is 0 Å². The van der Waals surface area contributed by atoms with Gasteiger partial charge in [-0.3, -0.25) is 4.79 Å². The summed E-state index contributed by atoms with van der Waals surface area (Å²) >= 11 is 9.06. The molecule has 0 aliphatic rings. The fraction of sp³-hybridized carbons (Fsp3) is 0.273. The molecule has 0 N–H and O–H groups in total. The zero-order valence-corrected chi connectivity index (χ0v) is 10.5. The average molecular weight is 287 g/mol. The Labute approximate surface area is 102 Å². The molecule has 0 heterocycles. The van der Waals surface area contributed by atoms with Crippen LogP contribution in [-0.4, -0.2) is 5.78 Å². The van der Waals surface area contributed by atoms with Crippen molar-refractivity contribution in [1.29, 1.82) is 5.26 Å². The first-order valence-electron chi connectivity index (χ1n) is 4.42. The molecule has 0 fully saturated rings. The van der Waals surface area contributed by atoms with E-state index in [0.29, 0.717) is 15.1 Å². The highest BCUT2D eigenvalue weighted by Gasteiger charge is 2.11. The Morgan fingerprint density at radius 3 is 2.87 bits per heavy atom. The summed E-state index contributed by atoms with van der Waals surface area (Å²) in [6.07, 6.45) is 0.241. The lowest BCUT2D eigenvalue weighted by atomic mass is 10.0. The van der Waals surface area contributed by atoms with Crippen LogP contribution < -0.4 is 0 Å². The minimum Gasteiger partial charge on any atom is -0.294 e. The van der Waals surface area contributed by atoms with Crippen LogP contribution in [-0.2, 0) is 0 Å². The van der Waals surface area contributed by atoms with Crippen molar-refractivity contribution in [3.8, 4) is 6.07 Å². The van der Waals surface area contributed by atoms with E-state index in [0.717, 1.165) is 0 Å². The van der Waals surface area contributed by atoms with E-state index in [4.69, 9.17) is 16.9 Å². The number of hydrogen-bond acceptors (Lipinski definition) is 2. The van der Waals surface area contributed by atoms with Gasteiger partial charge in [0.15, 0.2) is 5.78 Å². The predicted octanol–water partition coefficient (Wildman–Crippen LogP) is 3.83. The molecular formula is C11H9BrClNO. The molecule has 2 nitrogen and oxygen atoms in total. The van der Waals surface area contributed by atoms with Crippen LogP contribution in [0.4, 0.5) is 0 Å². The molecule has 78 valence electrons. The number of carbonyl (C=O) groups excluding carboxylic acids is 1. The van der Waals surface area contributed by atoms with Crippen molar-refractivity contribution < 1.29 is 4.79 Å². The number of rotatable bonds is 3. The van der Waals surface area contributed by atoms with E-state index in [-0.39, 0.29) is 18.1 Å². The first-order valence-corrected chi connectivity index (χ1v) is 5.59. The smallest absolute Gasteiger partial charge is 0.164 e. The van der Waals surface area contributed by atoms with Gasteiger partial charge >= 0.3 is 0 Å².